The first kappa shape index (κ1) is 15.6. The first-order valence-electron chi connectivity index (χ1n) is 5.55. The molecule has 3 nitrogen and oxygen atoms in total. The summed E-state index contributed by atoms with van der Waals surface area (Å²) in [7, 11) is 0. The van der Waals surface area contributed by atoms with Gasteiger partial charge >= 0.3 is 0 Å². The maximum absolute atomic E-state index is 12.2. The lowest BCUT2D eigenvalue weighted by molar-refractivity contribution is 0.0709. The minimum atomic E-state index is -0.0278. The van der Waals surface area contributed by atoms with Gasteiger partial charge in [0.25, 0.3) is 5.91 Å². The summed E-state index contributed by atoms with van der Waals surface area (Å²) in [4.78, 5) is 14.1. The van der Waals surface area contributed by atoms with Crippen molar-refractivity contribution in [3.05, 3.63) is 33.8 Å². The number of hydrogen-bond donors (Lipinski definition) is 1. The lowest BCUT2D eigenvalue weighted by atomic mass is 10.1. The van der Waals surface area contributed by atoms with Crippen molar-refractivity contribution in [2.24, 2.45) is 0 Å². The van der Waals surface area contributed by atoms with Crippen LogP contribution >= 0.6 is 35.6 Å². The molecular weight excluding hydrogens is 295 g/mol. The number of amides is 1. The number of carbonyl (C=O) groups is 1. The summed E-state index contributed by atoms with van der Waals surface area (Å²) in [6.45, 7) is 4.29. The van der Waals surface area contributed by atoms with Crippen molar-refractivity contribution >= 4 is 41.5 Å². The van der Waals surface area contributed by atoms with Crippen LogP contribution in [0.25, 0.3) is 0 Å². The second-order valence-corrected chi connectivity index (χ2v) is 5.07. The molecule has 1 N–H and O–H groups in total. The molecule has 1 amide bonds. The lowest BCUT2D eigenvalue weighted by Crippen LogP contribution is -2.51. The molecule has 6 heteroatoms. The summed E-state index contributed by atoms with van der Waals surface area (Å²) in [5.74, 6) is -0.0278. The number of hydrogen-bond acceptors (Lipinski definition) is 2. The fourth-order valence-electron chi connectivity index (χ4n) is 1.95. The number of piperazine rings is 1. The van der Waals surface area contributed by atoms with Crippen LogP contribution in [0.4, 0.5) is 0 Å². The Hall–Kier alpha value is -0.480. The van der Waals surface area contributed by atoms with Gasteiger partial charge in [0.2, 0.25) is 0 Å². The number of nitrogens with zero attached hydrogens (tertiary/aromatic N) is 1. The van der Waals surface area contributed by atoms with Crippen LogP contribution in [0, 0.1) is 0 Å². The second kappa shape index (κ2) is 6.62. The molecule has 0 aromatic heterocycles. The quantitative estimate of drug-likeness (QED) is 0.865. The Labute approximate surface area is 123 Å². The van der Waals surface area contributed by atoms with Crippen LogP contribution in [0.3, 0.4) is 0 Å². The van der Waals surface area contributed by atoms with E-state index in [1.165, 1.54) is 0 Å². The predicted molar refractivity (Wildman–Crippen MR) is 77.1 cm³/mol. The molecule has 2 rings (SSSR count). The van der Waals surface area contributed by atoms with Crippen LogP contribution < -0.4 is 5.32 Å². The van der Waals surface area contributed by atoms with Gasteiger partial charge in [0, 0.05) is 30.7 Å². The number of halogens is 3. The highest BCUT2D eigenvalue weighted by Crippen LogP contribution is 2.22. The zero-order valence-corrected chi connectivity index (χ0v) is 12.3. The second-order valence-electron chi connectivity index (χ2n) is 4.23. The minimum absolute atomic E-state index is 0. The van der Waals surface area contributed by atoms with Gasteiger partial charge < -0.3 is 10.2 Å². The molecule has 1 aliphatic heterocycles. The van der Waals surface area contributed by atoms with Crippen molar-refractivity contribution < 1.29 is 4.79 Å². The van der Waals surface area contributed by atoms with Gasteiger partial charge in [0.1, 0.15) is 0 Å². The third-order valence-corrected chi connectivity index (χ3v) is 3.37. The fourth-order valence-corrected chi connectivity index (χ4v) is 2.44. The fraction of sp³-hybridized carbons (Fsp3) is 0.417. The maximum Gasteiger partial charge on any atom is 0.255 e. The SMILES string of the molecule is C[C@@H]1CN(C(=O)c2ccc(Cl)cc2Cl)CCN1.Cl. The van der Waals surface area contributed by atoms with Crippen LogP contribution in [0.1, 0.15) is 17.3 Å². The number of carbonyl (C=O) groups excluding carboxylic acids is 1. The van der Waals surface area contributed by atoms with Crippen LogP contribution in [0.2, 0.25) is 10.0 Å². The largest absolute Gasteiger partial charge is 0.336 e. The molecule has 1 heterocycles. The van der Waals surface area contributed by atoms with E-state index >= 15 is 0 Å². The molecule has 1 aliphatic rings. The highest BCUT2D eigenvalue weighted by atomic mass is 35.5. The molecule has 0 radical (unpaired) electrons. The Kier molecular flexibility index (Phi) is 5.73. The monoisotopic (exact) mass is 308 g/mol. The molecule has 0 aliphatic carbocycles. The molecule has 1 atom stereocenters. The van der Waals surface area contributed by atoms with Gasteiger partial charge in [-0.15, -0.1) is 12.4 Å². The molecule has 0 spiro atoms. The van der Waals surface area contributed by atoms with E-state index in [0.717, 1.165) is 6.54 Å². The van der Waals surface area contributed by atoms with E-state index in [4.69, 9.17) is 23.2 Å². The van der Waals surface area contributed by atoms with Crippen LogP contribution in [-0.2, 0) is 0 Å². The zero-order valence-electron chi connectivity index (χ0n) is 9.95. The summed E-state index contributed by atoms with van der Waals surface area (Å²) in [5, 5.41) is 4.25. The molecule has 1 aromatic carbocycles. The van der Waals surface area contributed by atoms with Gasteiger partial charge in [-0.25, -0.2) is 0 Å². The van der Waals surface area contributed by atoms with E-state index in [9.17, 15) is 4.79 Å². The zero-order chi connectivity index (χ0) is 12.4. The topological polar surface area (TPSA) is 32.3 Å². The van der Waals surface area contributed by atoms with Crippen LogP contribution in [-0.4, -0.2) is 36.5 Å². The Morgan fingerprint density at radius 3 is 2.78 bits per heavy atom. The van der Waals surface area contributed by atoms with Gasteiger partial charge in [-0.2, -0.15) is 0 Å². The van der Waals surface area contributed by atoms with E-state index in [1.54, 1.807) is 18.2 Å². The number of nitrogens with one attached hydrogen (secondary N) is 1. The Morgan fingerprint density at radius 2 is 2.17 bits per heavy atom. The van der Waals surface area contributed by atoms with Gasteiger partial charge in [-0.1, -0.05) is 23.2 Å². The van der Waals surface area contributed by atoms with E-state index in [2.05, 4.69) is 12.2 Å². The van der Waals surface area contributed by atoms with Crippen molar-refractivity contribution in [1.82, 2.24) is 10.2 Å². The Bertz CT molecular complexity index is 439. The molecule has 0 bridgehead atoms. The number of rotatable bonds is 1. The number of benzene rings is 1. The normalized spacial score (nSPS) is 19.3. The van der Waals surface area contributed by atoms with Crippen molar-refractivity contribution in [1.29, 1.82) is 0 Å². The molecule has 1 fully saturated rings. The van der Waals surface area contributed by atoms with Gasteiger partial charge in [-0.3, -0.25) is 4.79 Å². The molecule has 1 saturated heterocycles. The van der Waals surface area contributed by atoms with Crippen molar-refractivity contribution in [2.75, 3.05) is 19.6 Å². The van der Waals surface area contributed by atoms with Crippen molar-refractivity contribution in [3.63, 3.8) is 0 Å². The summed E-state index contributed by atoms with van der Waals surface area (Å²) in [5.41, 5.74) is 0.519. The molecule has 0 saturated carbocycles. The third-order valence-electron chi connectivity index (χ3n) is 2.82. The lowest BCUT2D eigenvalue weighted by Gasteiger charge is -2.32. The summed E-state index contributed by atoms with van der Waals surface area (Å²) >= 11 is 11.8. The molecule has 1 aromatic rings. The Balaban J connectivity index is 0.00000162. The summed E-state index contributed by atoms with van der Waals surface area (Å²) < 4.78 is 0. The smallest absolute Gasteiger partial charge is 0.255 e. The predicted octanol–water partition coefficient (Wildman–Crippen LogP) is 2.85. The van der Waals surface area contributed by atoms with E-state index in [0.29, 0.717) is 34.7 Å². The first-order chi connectivity index (χ1) is 8.08. The molecule has 0 unspecified atom stereocenters. The van der Waals surface area contributed by atoms with Gasteiger partial charge in [-0.05, 0) is 25.1 Å². The molecular formula is C12H15Cl3N2O. The summed E-state index contributed by atoms with van der Waals surface area (Å²) in [6, 6.07) is 5.28. The highest BCUT2D eigenvalue weighted by molar-refractivity contribution is 6.36. The standard InChI is InChI=1S/C12H14Cl2N2O.ClH/c1-8-7-16(5-4-15-8)12(17)10-3-2-9(13)6-11(10)14;/h2-3,6,8,15H,4-5,7H2,1H3;1H/t8-;/m1./s1. The third kappa shape index (κ3) is 3.51. The molecule has 100 valence electrons. The van der Waals surface area contributed by atoms with E-state index in [-0.39, 0.29) is 18.3 Å². The van der Waals surface area contributed by atoms with Crippen molar-refractivity contribution in [3.8, 4) is 0 Å². The van der Waals surface area contributed by atoms with Gasteiger partial charge in [0.15, 0.2) is 0 Å². The van der Waals surface area contributed by atoms with Crippen LogP contribution in [0.15, 0.2) is 18.2 Å². The molecule has 18 heavy (non-hydrogen) atoms. The average molecular weight is 310 g/mol. The average Bonchev–Trinajstić information content (AvgIpc) is 2.28. The summed E-state index contributed by atoms with van der Waals surface area (Å²) in [6.07, 6.45) is 0. The minimum Gasteiger partial charge on any atom is -0.336 e. The van der Waals surface area contributed by atoms with Gasteiger partial charge in [0.05, 0.1) is 10.6 Å². The highest BCUT2D eigenvalue weighted by Gasteiger charge is 2.23. The van der Waals surface area contributed by atoms with Crippen LogP contribution in [0.5, 0.6) is 0 Å². The van der Waals surface area contributed by atoms with E-state index < -0.39 is 0 Å². The first-order valence-corrected chi connectivity index (χ1v) is 6.31. The van der Waals surface area contributed by atoms with E-state index in [1.807, 2.05) is 4.90 Å². The Morgan fingerprint density at radius 1 is 1.44 bits per heavy atom. The maximum atomic E-state index is 12.2. The van der Waals surface area contributed by atoms with Crippen molar-refractivity contribution in [2.45, 2.75) is 13.0 Å².